The number of hydrogen-bond donors (Lipinski definition) is 2. The molecule has 0 spiro atoms. The first-order valence-corrected chi connectivity index (χ1v) is 8.09. The van der Waals surface area contributed by atoms with Crippen LogP contribution >= 0.6 is 11.3 Å². The van der Waals surface area contributed by atoms with E-state index in [2.05, 4.69) is 10.4 Å². The zero-order chi connectivity index (χ0) is 15.4. The third-order valence-corrected chi connectivity index (χ3v) is 4.63. The molecule has 2 N–H and O–H groups in total. The molecule has 0 fully saturated rings. The van der Waals surface area contributed by atoms with Crippen LogP contribution in [-0.2, 0) is 12.1 Å². The minimum absolute atomic E-state index is 0.504. The second-order valence-electron chi connectivity index (χ2n) is 5.48. The van der Waals surface area contributed by atoms with E-state index in [0.29, 0.717) is 13.1 Å². The smallest absolute Gasteiger partial charge is 0.108 e. The summed E-state index contributed by atoms with van der Waals surface area (Å²) in [5.41, 5.74) is 1.29. The van der Waals surface area contributed by atoms with Gasteiger partial charge in [0, 0.05) is 29.7 Å². The van der Waals surface area contributed by atoms with Crippen LogP contribution in [0.5, 0.6) is 0 Å². The Morgan fingerprint density at radius 2 is 2.05 bits per heavy atom. The minimum atomic E-state index is -0.844. The Morgan fingerprint density at radius 3 is 2.77 bits per heavy atom. The fourth-order valence-electron chi connectivity index (χ4n) is 2.30. The quantitative estimate of drug-likeness (QED) is 0.735. The first-order valence-electron chi connectivity index (χ1n) is 7.21. The SMILES string of the molecule is CC(O)(CNCc1cnn(-c2ccccc2)c1)c1cccs1. The highest BCUT2D eigenvalue weighted by Gasteiger charge is 2.23. The molecule has 0 aliphatic carbocycles. The first kappa shape index (κ1) is 15.0. The second kappa shape index (κ2) is 6.44. The van der Waals surface area contributed by atoms with Gasteiger partial charge in [-0.2, -0.15) is 5.10 Å². The number of nitrogens with one attached hydrogen (secondary N) is 1. The second-order valence-corrected chi connectivity index (χ2v) is 6.43. The van der Waals surface area contributed by atoms with E-state index in [1.54, 1.807) is 11.3 Å². The Labute approximate surface area is 134 Å². The average Bonchev–Trinajstić information content (AvgIpc) is 3.20. The third kappa shape index (κ3) is 3.44. The topological polar surface area (TPSA) is 50.1 Å². The van der Waals surface area contributed by atoms with Crippen LogP contribution in [0, 0.1) is 0 Å². The Hall–Kier alpha value is -1.95. The molecule has 1 aromatic carbocycles. The van der Waals surface area contributed by atoms with Gasteiger partial charge in [-0.25, -0.2) is 4.68 Å². The van der Waals surface area contributed by atoms with Gasteiger partial charge < -0.3 is 10.4 Å². The molecule has 3 aromatic rings. The van der Waals surface area contributed by atoms with Gasteiger partial charge in [-0.3, -0.25) is 0 Å². The van der Waals surface area contributed by atoms with Gasteiger partial charge in [0.15, 0.2) is 0 Å². The zero-order valence-corrected chi connectivity index (χ0v) is 13.3. The maximum atomic E-state index is 10.5. The first-order chi connectivity index (χ1) is 10.6. The third-order valence-electron chi connectivity index (χ3n) is 3.51. The summed E-state index contributed by atoms with van der Waals surface area (Å²) in [4.78, 5) is 0.972. The fraction of sp³-hybridized carbons (Fsp3) is 0.235. The minimum Gasteiger partial charge on any atom is -0.383 e. The van der Waals surface area contributed by atoms with E-state index in [-0.39, 0.29) is 0 Å². The van der Waals surface area contributed by atoms with Gasteiger partial charge in [0.2, 0.25) is 0 Å². The zero-order valence-electron chi connectivity index (χ0n) is 12.4. The number of hydrogen-bond acceptors (Lipinski definition) is 4. The van der Waals surface area contributed by atoms with Crippen molar-refractivity contribution < 1.29 is 5.11 Å². The van der Waals surface area contributed by atoms with E-state index in [0.717, 1.165) is 16.1 Å². The average molecular weight is 313 g/mol. The van der Waals surface area contributed by atoms with Gasteiger partial charge >= 0.3 is 0 Å². The lowest BCUT2D eigenvalue weighted by molar-refractivity contribution is 0.0604. The number of thiophene rings is 1. The molecule has 0 aliphatic heterocycles. The highest BCUT2D eigenvalue weighted by molar-refractivity contribution is 7.10. The molecule has 0 radical (unpaired) electrons. The van der Waals surface area contributed by atoms with Crippen LogP contribution in [0.1, 0.15) is 17.4 Å². The lowest BCUT2D eigenvalue weighted by Gasteiger charge is -2.22. The molecule has 0 bridgehead atoms. The Bertz CT molecular complexity index is 705. The summed E-state index contributed by atoms with van der Waals surface area (Å²) >= 11 is 1.57. The van der Waals surface area contributed by atoms with Crippen LogP contribution in [0.15, 0.2) is 60.2 Å². The van der Waals surface area contributed by atoms with Gasteiger partial charge in [0.05, 0.1) is 11.9 Å². The summed E-state index contributed by atoms with van der Waals surface area (Å²) in [6.07, 6.45) is 3.85. The van der Waals surface area contributed by atoms with E-state index in [1.807, 2.05) is 71.8 Å². The van der Waals surface area contributed by atoms with E-state index in [4.69, 9.17) is 0 Å². The van der Waals surface area contributed by atoms with E-state index < -0.39 is 5.60 Å². The normalized spacial score (nSPS) is 13.9. The Kier molecular flexibility index (Phi) is 4.38. The molecule has 0 aliphatic rings. The Morgan fingerprint density at radius 1 is 1.23 bits per heavy atom. The highest BCUT2D eigenvalue weighted by atomic mass is 32.1. The van der Waals surface area contributed by atoms with Gasteiger partial charge in [-0.05, 0) is 30.5 Å². The van der Waals surface area contributed by atoms with E-state index >= 15 is 0 Å². The standard InChI is InChI=1S/C17H19N3OS/c1-17(21,16-8-5-9-22-16)13-18-10-14-11-19-20(12-14)15-6-3-2-4-7-15/h2-9,11-12,18,21H,10,13H2,1H3. The molecule has 0 saturated heterocycles. The number of rotatable bonds is 6. The largest absolute Gasteiger partial charge is 0.383 e. The van der Waals surface area contributed by atoms with Crippen LogP contribution in [0.2, 0.25) is 0 Å². The molecular formula is C17H19N3OS. The van der Waals surface area contributed by atoms with Crippen molar-refractivity contribution >= 4 is 11.3 Å². The van der Waals surface area contributed by atoms with Crippen LogP contribution in [-0.4, -0.2) is 21.4 Å². The maximum absolute atomic E-state index is 10.5. The lowest BCUT2D eigenvalue weighted by atomic mass is 10.1. The summed E-state index contributed by atoms with van der Waals surface area (Å²) in [5.74, 6) is 0. The van der Waals surface area contributed by atoms with Crippen molar-refractivity contribution in [1.82, 2.24) is 15.1 Å². The molecular weight excluding hydrogens is 294 g/mol. The molecule has 2 heterocycles. The van der Waals surface area contributed by atoms with Gasteiger partial charge in [0.1, 0.15) is 5.60 Å². The summed E-state index contributed by atoms with van der Waals surface area (Å²) in [6.45, 7) is 3.01. The van der Waals surface area contributed by atoms with Crippen LogP contribution in [0.3, 0.4) is 0 Å². The predicted octanol–water partition coefficient (Wildman–Crippen LogP) is 2.93. The molecule has 1 atom stereocenters. The van der Waals surface area contributed by atoms with Crippen LogP contribution in [0.4, 0.5) is 0 Å². The van der Waals surface area contributed by atoms with Crippen molar-refractivity contribution in [3.63, 3.8) is 0 Å². The lowest BCUT2D eigenvalue weighted by Crippen LogP contribution is -2.34. The number of benzene rings is 1. The maximum Gasteiger partial charge on any atom is 0.108 e. The van der Waals surface area contributed by atoms with E-state index in [9.17, 15) is 5.11 Å². The van der Waals surface area contributed by atoms with Crippen molar-refractivity contribution in [1.29, 1.82) is 0 Å². The molecule has 22 heavy (non-hydrogen) atoms. The molecule has 2 aromatic heterocycles. The van der Waals surface area contributed by atoms with Gasteiger partial charge in [-0.1, -0.05) is 24.3 Å². The van der Waals surface area contributed by atoms with E-state index in [1.165, 1.54) is 0 Å². The monoisotopic (exact) mass is 313 g/mol. The number of nitrogens with zero attached hydrogens (tertiary/aromatic N) is 2. The molecule has 0 amide bonds. The van der Waals surface area contributed by atoms with Crippen molar-refractivity contribution in [2.24, 2.45) is 0 Å². The van der Waals surface area contributed by atoms with Gasteiger partial charge in [-0.15, -0.1) is 11.3 Å². The molecule has 3 rings (SSSR count). The summed E-state index contributed by atoms with van der Waals surface area (Å²) in [5, 5.41) is 20.1. The van der Waals surface area contributed by atoms with Gasteiger partial charge in [0.25, 0.3) is 0 Å². The fourth-order valence-corrected chi connectivity index (χ4v) is 3.08. The van der Waals surface area contributed by atoms with Crippen molar-refractivity contribution in [3.05, 3.63) is 70.7 Å². The summed E-state index contributed by atoms with van der Waals surface area (Å²) in [7, 11) is 0. The number of para-hydroxylation sites is 1. The van der Waals surface area contributed by atoms with Crippen molar-refractivity contribution in [2.75, 3.05) is 6.54 Å². The molecule has 1 unspecified atom stereocenters. The van der Waals surface area contributed by atoms with Crippen LogP contribution < -0.4 is 5.32 Å². The number of aromatic nitrogens is 2. The predicted molar refractivity (Wildman–Crippen MR) is 89.2 cm³/mol. The molecule has 0 saturated carbocycles. The number of aliphatic hydroxyl groups is 1. The highest BCUT2D eigenvalue weighted by Crippen LogP contribution is 2.24. The molecule has 114 valence electrons. The van der Waals surface area contributed by atoms with Crippen molar-refractivity contribution in [3.8, 4) is 5.69 Å². The molecule has 5 heteroatoms. The molecule has 4 nitrogen and oxygen atoms in total. The Balaban J connectivity index is 1.58. The summed E-state index contributed by atoms with van der Waals surface area (Å²) in [6, 6.07) is 13.9. The van der Waals surface area contributed by atoms with Crippen molar-refractivity contribution in [2.45, 2.75) is 19.1 Å². The van der Waals surface area contributed by atoms with Crippen LogP contribution in [0.25, 0.3) is 5.69 Å². The summed E-state index contributed by atoms with van der Waals surface area (Å²) < 4.78 is 1.86.